The monoisotopic (exact) mass is 428 g/mol. The normalized spacial score (nSPS) is 17.4. The highest BCUT2D eigenvalue weighted by Crippen LogP contribution is 2.34. The quantitative estimate of drug-likeness (QED) is 0.673. The molecular weight excluding hydrogens is 400 g/mol. The van der Waals surface area contributed by atoms with Crippen LogP contribution in [0.5, 0.6) is 5.75 Å². The standard InChI is InChI=1S/C27H28N2O3/c30-26-24(27(31)29-14-16-32-17-15-29)18-22-8-4-5-9-23(22)25(26)19-28-12-10-21(11-13-28)20-6-2-1-3-7-20/h1-10,18,30H,11-17,19H2. The van der Waals surface area contributed by atoms with Crippen LogP contribution in [0.3, 0.4) is 0 Å². The predicted molar refractivity (Wildman–Crippen MR) is 127 cm³/mol. The van der Waals surface area contributed by atoms with Crippen LogP contribution < -0.4 is 0 Å². The molecule has 2 aliphatic heterocycles. The lowest BCUT2D eigenvalue weighted by molar-refractivity contribution is 0.0301. The molecule has 5 nitrogen and oxygen atoms in total. The zero-order valence-electron chi connectivity index (χ0n) is 18.2. The Morgan fingerprint density at radius 1 is 0.969 bits per heavy atom. The van der Waals surface area contributed by atoms with Crippen molar-refractivity contribution >= 4 is 22.3 Å². The third kappa shape index (κ3) is 4.14. The van der Waals surface area contributed by atoms with Crippen molar-refractivity contribution in [3.05, 3.63) is 83.4 Å². The van der Waals surface area contributed by atoms with Crippen molar-refractivity contribution in [2.75, 3.05) is 39.4 Å². The third-order valence-electron chi connectivity index (χ3n) is 6.47. The minimum absolute atomic E-state index is 0.109. The van der Waals surface area contributed by atoms with Gasteiger partial charge in [0.15, 0.2) is 0 Å². The largest absolute Gasteiger partial charge is 0.507 e. The number of nitrogens with zero attached hydrogens (tertiary/aromatic N) is 2. The van der Waals surface area contributed by atoms with Crippen molar-refractivity contribution in [3.63, 3.8) is 0 Å². The van der Waals surface area contributed by atoms with Gasteiger partial charge >= 0.3 is 0 Å². The van der Waals surface area contributed by atoms with E-state index in [0.717, 1.165) is 35.8 Å². The number of amides is 1. The molecule has 0 aromatic heterocycles. The number of phenols is 1. The van der Waals surface area contributed by atoms with E-state index in [1.165, 1.54) is 11.1 Å². The van der Waals surface area contributed by atoms with Gasteiger partial charge in [0.2, 0.25) is 0 Å². The molecule has 164 valence electrons. The second-order valence-corrected chi connectivity index (χ2v) is 8.46. The lowest BCUT2D eigenvalue weighted by Crippen LogP contribution is -2.40. The molecule has 2 heterocycles. The number of fused-ring (bicyclic) bond motifs is 1. The van der Waals surface area contributed by atoms with Gasteiger partial charge < -0.3 is 14.7 Å². The Morgan fingerprint density at radius 2 is 1.72 bits per heavy atom. The summed E-state index contributed by atoms with van der Waals surface area (Å²) in [7, 11) is 0. The van der Waals surface area contributed by atoms with Gasteiger partial charge in [0.25, 0.3) is 5.91 Å². The minimum atomic E-state index is -0.122. The molecule has 32 heavy (non-hydrogen) atoms. The summed E-state index contributed by atoms with van der Waals surface area (Å²) in [4.78, 5) is 17.3. The van der Waals surface area contributed by atoms with Crippen LogP contribution in [0.2, 0.25) is 0 Å². The number of ether oxygens (including phenoxy) is 1. The van der Waals surface area contributed by atoms with Crippen LogP contribution in [0.25, 0.3) is 16.3 Å². The average molecular weight is 429 g/mol. The number of aromatic hydroxyl groups is 1. The molecule has 5 rings (SSSR count). The summed E-state index contributed by atoms with van der Waals surface area (Å²) in [6.07, 6.45) is 3.25. The maximum atomic E-state index is 13.2. The van der Waals surface area contributed by atoms with Crippen LogP contribution in [0.1, 0.15) is 27.9 Å². The first-order valence-electron chi connectivity index (χ1n) is 11.3. The summed E-state index contributed by atoms with van der Waals surface area (Å²) >= 11 is 0. The van der Waals surface area contributed by atoms with Gasteiger partial charge in [-0.3, -0.25) is 9.69 Å². The highest BCUT2D eigenvalue weighted by Gasteiger charge is 2.25. The highest BCUT2D eigenvalue weighted by molar-refractivity contribution is 6.03. The van der Waals surface area contributed by atoms with E-state index in [1.54, 1.807) is 4.90 Å². The Morgan fingerprint density at radius 3 is 2.47 bits per heavy atom. The molecule has 0 radical (unpaired) electrons. The summed E-state index contributed by atoms with van der Waals surface area (Å²) in [6, 6.07) is 20.3. The van der Waals surface area contributed by atoms with Gasteiger partial charge in [-0.2, -0.15) is 0 Å². The zero-order chi connectivity index (χ0) is 21.9. The van der Waals surface area contributed by atoms with Crippen LogP contribution in [0, 0.1) is 0 Å². The fraction of sp³-hybridized carbons (Fsp3) is 0.296. The molecule has 1 N–H and O–H groups in total. The molecule has 0 unspecified atom stereocenters. The first-order chi connectivity index (χ1) is 15.7. The molecule has 0 atom stereocenters. The number of phenolic OH excluding ortho intramolecular Hbond substituents is 1. The first-order valence-corrected chi connectivity index (χ1v) is 11.3. The molecule has 5 heteroatoms. The number of hydrogen-bond donors (Lipinski definition) is 1. The molecule has 1 fully saturated rings. The average Bonchev–Trinajstić information content (AvgIpc) is 2.86. The van der Waals surface area contributed by atoms with Gasteiger partial charge in [0.05, 0.1) is 18.8 Å². The van der Waals surface area contributed by atoms with Crippen LogP contribution in [0.4, 0.5) is 0 Å². The van der Waals surface area contributed by atoms with Gasteiger partial charge in [0.1, 0.15) is 5.75 Å². The van der Waals surface area contributed by atoms with Gasteiger partial charge in [0, 0.05) is 38.3 Å². The van der Waals surface area contributed by atoms with Gasteiger partial charge in [-0.1, -0.05) is 60.7 Å². The molecular formula is C27H28N2O3. The maximum absolute atomic E-state index is 13.2. The summed E-state index contributed by atoms with van der Waals surface area (Å²) in [5, 5.41) is 13.2. The van der Waals surface area contributed by atoms with Crippen molar-refractivity contribution < 1.29 is 14.6 Å². The molecule has 0 spiro atoms. The summed E-state index contributed by atoms with van der Waals surface area (Å²) in [5.41, 5.74) is 3.86. The van der Waals surface area contributed by atoms with Crippen LogP contribution in [-0.2, 0) is 11.3 Å². The molecule has 0 bridgehead atoms. The molecule has 1 amide bonds. The lowest BCUT2D eigenvalue weighted by Gasteiger charge is -2.29. The van der Waals surface area contributed by atoms with Crippen LogP contribution >= 0.6 is 0 Å². The number of carbonyl (C=O) groups is 1. The minimum Gasteiger partial charge on any atom is -0.507 e. The number of hydrogen-bond acceptors (Lipinski definition) is 4. The molecule has 1 saturated heterocycles. The summed E-state index contributed by atoms with van der Waals surface area (Å²) in [5.74, 6) is -0.0132. The van der Waals surface area contributed by atoms with Gasteiger partial charge in [-0.15, -0.1) is 0 Å². The van der Waals surface area contributed by atoms with E-state index in [0.29, 0.717) is 38.4 Å². The SMILES string of the molecule is O=C(c1cc2ccccc2c(CN2CC=C(c3ccccc3)CC2)c1O)N1CCOCC1. The van der Waals surface area contributed by atoms with E-state index in [1.807, 2.05) is 36.4 Å². The van der Waals surface area contributed by atoms with E-state index < -0.39 is 0 Å². The van der Waals surface area contributed by atoms with E-state index in [2.05, 4.69) is 35.2 Å². The molecule has 0 saturated carbocycles. The Bertz CT molecular complexity index is 1150. The van der Waals surface area contributed by atoms with Crippen LogP contribution in [0.15, 0.2) is 66.7 Å². The number of carbonyl (C=O) groups excluding carboxylic acids is 1. The fourth-order valence-corrected chi connectivity index (χ4v) is 4.66. The number of morpholine rings is 1. The fourth-order valence-electron chi connectivity index (χ4n) is 4.66. The van der Waals surface area contributed by atoms with Gasteiger partial charge in [-0.25, -0.2) is 0 Å². The van der Waals surface area contributed by atoms with Crippen LogP contribution in [-0.4, -0.2) is 60.2 Å². The molecule has 2 aliphatic rings. The van der Waals surface area contributed by atoms with Crippen molar-refractivity contribution in [2.45, 2.75) is 13.0 Å². The smallest absolute Gasteiger partial charge is 0.257 e. The van der Waals surface area contributed by atoms with Crippen molar-refractivity contribution in [3.8, 4) is 5.75 Å². The van der Waals surface area contributed by atoms with E-state index in [9.17, 15) is 9.90 Å². The summed E-state index contributed by atoms with van der Waals surface area (Å²) in [6.45, 7) is 4.53. The Kier molecular flexibility index (Phi) is 5.93. The topological polar surface area (TPSA) is 53.0 Å². The molecule has 0 aliphatic carbocycles. The molecule has 3 aromatic rings. The second kappa shape index (κ2) is 9.15. The van der Waals surface area contributed by atoms with E-state index in [4.69, 9.17) is 4.74 Å². The lowest BCUT2D eigenvalue weighted by atomic mass is 9.96. The zero-order valence-corrected chi connectivity index (χ0v) is 18.2. The van der Waals surface area contributed by atoms with Gasteiger partial charge in [-0.05, 0) is 34.4 Å². The summed E-state index contributed by atoms with van der Waals surface area (Å²) < 4.78 is 5.38. The van der Waals surface area contributed by atoms with Crippen molar-refractivity contribution in [2.24, 2.45) is 0 Å². The number of rotatable bonds is 4. The van der Waals surface area contributed by atoms with Crippen molar-refractivity contribution in [1.82, 2.24) is 9.80 Å². The van der Waals surface area contributed by atoms with E-state index >= 15 is 0 Å². The maximum Gasteiger partial charge on any atom is 0.257 e. The molecule has 3 aromatic carbocycles. The third-order valence-corrected chi connectivity index (χ3v) is 6.47. The first kappa shape index (κ1) is 20.7. The Balaban J connectivity index is 1.44. The Hall–Kier alpha value is -3.15. The predicted octanol–water partition coefficient (Wildman–Crippen LogP) is 4.31. The van der Waals surface area contributed by atoms with Crippen molar-refractivity contribution in [1.29, 1.82) is 0 Å². The second-order valence-electron chi connectivity index (χ2n) is 8.46. The van der Waals surface area contributed by atoms with E-state index in [-0.39, 0.29) is 11.7 Å². The highest BCUT2D eigenvalue weighted by atomic mass is 16.5. The Labute approximate surface area is 188 Å². The number of benzene rings is 3.